The summed E-state index contributed by atoms with van der Waals surface area (Å²) in [7, 11) is 2.17. The van der Waals surface area contributed by atoms with Crippen molar-refractivity contribution in [2.75, 3.05) is 33.2 Å². The zero-order chi connectivity index (χ0) is 22.3. The van der Waals surface area contributed by atoms with Crippen LogP contribution in [0.3, 0.4) is 0 Å². The van der Waals surface area contributed by atoms with Crippen LogP contribution in [0.2, 0.25) is 5.02 Å². The Morgan fingerprint density at radius 3 is 2.62 bits per heavy atom. The highest BCUT2D eigenvalue weighted by atomic mass is 35.5. The molecule has 0 saturated carbocycles. The molecule has 4 rings (SSSR count). The molecule has 0 unspecified atom stereocenters. The number of oxazole rings is 1. The van der Waals surface area contributed by atoms with Crippen LogP contribution in [0.4, 0.5) is 0 Å². The molecule has 2 aromatic carbocycles. The minimum Gasteiger partial charge on any atom is -0.441 e. The summed E-state index contributed by atoms with van der Waals surface area (Å²) < 4.78 is 5.78. The zero-order valence-electron chi connectivity index (χ0n) is 18.4. The molecule has 3 aromatic rings. The average Bonchev–Trinajstić information content (AvgIpc) is 3.28. The molecule has 1 aliphatic rings. The molecular weight excluding hydrogens is 424 g/mol. The van der Waals surface area contributed by atoms with Gasteiger partial charge in [-0.2, -0.15) is 0 Å². The second kappa shape index (κ2) is 10.8. The van der Waals surface area contributed by atoms with Crippen molar-refractivity contribution in [1.29, 1.82) is 0 Å². The predicted molar refractivity (Wildman–Crippen MR) is 126 cm³/mol. The van der Waals surface area contributed by atoms with Crippen LogP contribution in [0.5, 0.6) is 0 Å². The quantitative estimate of drug-likeness (QED) is 0.560. The number of aromatic nitrogens is 1. The number of carbonyl (C=O) groups excluding carboxylic acids is 1. The third-order valence-corrected chi connectivity index (χ3v) is 5.98. The van der Waals surface area contributed by atoms with Gasteiger partial charge in [0, 0.05) is 62.7 Å². The Morgan fingerprint density at radius 2 is 1.84 bits per heavy atom. The normalized spacial score (nSPS) is 15.1. The van der Waals surface area contributed by atoms with Gasteiger partial charge in [0.1, 0.15) is 0 Å². The van der Waals surface area contributed by atoms with Gasteiger partial charge in [0.15, 0.2) is 11.7 Å². The van der Waals surface area contributed by atoms with Gasteiger partial charge >= 0.3 is 0 Å². The largest absolute Gasteiger partial charge is 0.441 e. The molecule has 6 nitrogen and oxygen atoms in total. The molecule has 0 radical (unpaired) electrons. The standard InChI is InChI=1S/C25H29ClN4O2/c1-29-11-13-30(14-12-29)18-20-4-2-3-19(15-20)16-27-24(31)9-10-25-28-17-23(32-25)21-5-7-22(26)8-6-21/h2-8,15,17H,9-14,16,18H2,1H3,(H,27,31). The number of nitrogens with one attached hydrogen (secondary N) is 1. The van der Waals surface area contributed by atoms with E-state index in [0.717, 1.165) is 43.9 Å². The molecule has 168 valence electrons. The Kier molecular flexibility index (Phi) is 7.58. The summed E-state index contributed by atoms with van der Waals surface area (Å²) in [6, 6.07) is 15.9. The number of aryl methyl sites for hydroxylation is 1. The lowest BCUT2D eigenvalue weighted by Crippen LogP contribution is -2.43. The summed E-state index contributed by atoms with van der Waals surface area (Å²) in [6.45, 7) is 5.89. The van der Waals surface area contributed by atoms with Crippen molar-refractivity contribution < 1.29 is 9.21 Å². The average molecular weight is 453 g/mol. The van der Waals surface area contributed by atoms with Gasteiger partial charge in [-0.1, -0.05) is 35.9 Å². The fourth-order valence-corrected chi connectivity index (χ4v) is 3.91. The van der Waals surface area contributed by atoms with Gasteiger partial charge in [0.2, 0.25) is 5.91 Å². The first-order chi connectivity index (χ1) is 15.5. The van der Waals surface area contributed by atoms with E-state index < -0.39 is 0 Å². The lowest BCUT2D eigenvalue weighted by molar-refractivity contribution is -0.121. The molecule has 1 fully saturated rings. The number of hydrogen-bond acceptors (Lipinski definition) is 5. The van der Waals surface area contributed by atoms with Gasteiger partial charge in [-0.15, -0.1) is 0 Å². The number of halogens is 1. The highest BCUT2D eigenvalue weighted by molar-refractivity contribution is 6.30. The molecule has 2 heterocycles. The van der Waals surface area contributed by atoms with Gasteiger partial charge < -0.3 is 14.6 Å². The topological polar surface area (TPSA) is 61.6 Å². The molecule has 0 atom stereocenters. The maximum Gasteiger partial charge on any atom is 0.220 e. The number of hydrogen-bond donors (Lipinski definition) is 1. The fraction of sp³-hybridized carbons (Fsp3) is 0.360. The van der Waals surface area contributed by atoms with Crippen LogP contribution in [-0.4, -0.2) is 53.9 Å². The summed E-state index contributed by atoms with van der Waals surface area (Å²) in [5, 5.41) is 3.68. The molecule has 1 saturated heterocycles. The maximum absolute atomic E-state index is 12.3. The van der Waals surface area contributed by atoms with Gasteiger partial charge in [0.25, 0.3) is 0 Å². The summed E-state index contributed by atoms with van der Waals surface area (Å²) in [5.41, 5.74) is 3.32. The first kappa shape index (κ1) is 22.5. The van der Waals surface area contributed by atoms with Crippen molar-refractivity contribution in [2.24, 2.45) is 0 Å². The second-order valence-electron chi connectivity index (χ2n) is 8.30. The number of piperazine rings is 1. The molecule has 1 amide bonds. The first-order valence-corrected chi connectivity index (χ1v) is 11.4. The second-order valence-corrected chi connectivity index (χ2v) is 8.74. The van der Waals surface area contributed by atoms with Crippen molar-refractivity contribution in [2.45, 2.75) is 25.9 Å². The summed E-state index contributed by atoms with van der Waals surface area (Å²) in [6.07, 6.45) is 2.48. The highest BCUT2D eigenvalue weighted by Gasteiger charge is 2.14. The third-order valence-electron chi connectivity index (χ3n) is 5.73. The Morgan fingerprint density at radius 1 is 1.09 bits per heavy atom. The van der Waals surface area contributed by atoms with Crippen molar-refractivity contribution in [3.8, 4) is 11.3 Å². The van der Waals surface area contributed by atoms with Crippen LogP contribution >= 0.6 is 11.6 Å². The molecule has 1 aliphatic heterocycles. The summed E-state index contributed by atoms with van der Waals surface area (Å²) in [4.78, 5) is 21.5. The van der Waals surface area contributed by atoms with E-state index >= 15 is 0 Å². The van der Waals surface area contributed by atoms with Crippen LogP contribution in [0.1, 0.15) is 23.4 Å². The Bertz CT molecular complexity index is 1030. The van der Waals surface area contributed by atoms with E-state index in [2.05, 4.69) is 51.4 Å². The van der Waals surface area contributed by atoms with Crippen LogP contribution in [-0.2, 0) is 24.3 Å². The van der Waals surface area contributed by atoms with E-state index in [1.165, 1.54) is 5.56 Å². The van der Waals surface area contributed by atoms with E-state index in [9.17, 15) is 4.79 Å². The molecule has 7 heteroatoms. The Balaban J connectivity index is 1.22. The minimum absolute atomic E-state index is 0.0132. The summed E-state index contributed by atoms with van der Waals surface area (Å²) in [5.74, 6) is 1.22. The molecular formula is C25H29ClN4O2. The smallest absolute Gasteiger partial charge is 0.220 e. The van der Waals surface area contributed by atoms with Crippen molar-refractivity contribution in [3.05, 3.63) is 76.8 Å². The SMILES string of the molecule is CN1CCN(Cc2cccc(CNC(=O)CCc3ncc(-c4ccc(Cl)cc4)o3)c2)CC1. The van der Waals surface area contributed by atoms with Crippen molar-refractivity contribution >= 4 is 17.5 Å². The van der Waals surface area contributed by atoms with Crippen molar-refractivity contribution in [3.63, 3.8) is 0 Å². The zero-order valence-corrected chi connectivity index (χ0v) is 19.1. The van der Waals surface area contributed by atoms with Gasteiger partial charge in [-0.3, -0.25) is 9.69 Å². The molecule has 1 N–H and O–H groups in total. The number of likely N-dealkylation sites (N-methyl/N-ethyl adjacent to an activating group) is 1. The maximum atomic E-state index is 12.3. The minimum atomic E-state index is -0.0132. The molecule has 1 aromatic heterocycles. The first-order valence-electron chi connectivity index (χ1n) is 11.0. The fourth-order valence-electron chi connectivity index (χ4n) is 3.79. The Labute approximate surface area is 194 Å². The van der Waals surface area contributed by atoms with Crippen LogP contribution < -0.4 is 5.32 Å². The lowest BCUT2D eigenvalue weighted by atomic mass is 10.1. The molecule has 0 aliphatic carbocycles. The van der Waals surface area contributed by atoms with Crippen LogP contribution in [0.25, 0.3) is 11.3 Å². The summed E-state index contributed by atoms with van der Waals surface area (Å²) >= 11 is 5.93. The third kappa shape index (κ3) is 6.42. The van der Waals surface area contributed by atoms with Crippen LogP contribution in [0.15, 0.2) is 59.1 Å². The monoisotopic (exact) mass is 452 g/mol. The molecule has 32 heavy (non-hydrogen) atoms. The van der Waals surface area contributed by atoms with E-state index in [4.69, 9.17) is 16.0 Å². The van der Waals surface area contributed by atoms with E-state index in [-0.39, 0.29) is 5.91 Å². The molecule has 0 bridgehead atoms. The van der Waals surface area contributed by atoms with E-state index in [1.807, 2.05) is 24.3 Å². The number of nitrogens with zero attached hydrogens (tertiary/aromatic N) is 3. The van der Waals surface area contributed by atoms with Gasteiger partial charge in [0.05, 0.1) is 6.20 Å². The van der Waals surface area contributed by atoms with E-state index in [0.29, 0.717) is 36.1 Å². The number of rotatable bonds is 8. The van der Waals surface area contributed by atoms with Crippen LogP contribution in [0, 0.1) is 0 Å². The van der Waals surface area contributed by atoms with Gasteiger partial charge in [-0.25, -0.2) is 4.98 Å². The van der Waals surface area contributed by atoms with Gasteiger partial charge in [-0.05, 0) is 42.4 Å². The Hall–Kier alpha value is -2.67. The molecule has 0 spiro atoms. The number of carbonyl (C=O) groups is 1. The van der Waals surface area contributed by atoms with E-state index in [1.54, 1.807) is 6.20 Å². The predicted octanol–water partition coefficient (Wildman–Crippen LogP) is 3.99. The lowest BCUT2D eigenvalue weighted by Gasteiger charge is -2.32. The highest BCUT2D eigenvalue weighted by Crippen LogP contribution is 2.22. The number of amides is 1. The van der Waals surface area contributed by atoms with Crippen molar-refractivity contribution in [1.82, 2.24) is 20.1 Å². The number of benzene rings is 2.